The van der Waals surface area contributed by atoms with Gasteiger partial charge in [-0.3, -0.25) is 4.79 Å². The van der Waals surface area contributed by atoms with E-state index >= 15 is 0 Å². The van der Waals surface area contributed by atoms with E-state index in [2.05, 4.69) is 5.32 Å². The summed E-state index contributed by atoms with van der Waals surface area (Å²) in [5, 5.41) is 12.3. The molecule has 0 aliphatic carbocycles. The van der Waals surface area contributed by atoms with Crippen molar-refractivity contribution in [2.24, 2.45) is 5.92 Å². The van der Waals surface area contributed by atoms with Crippen molar-refractivity contribution in [1.82, 2.24) is 5.32 Å². The van der Waals surface area contributed by atoms with Crippen LogP contribution in [0.2, 0.25) is 0 Å². The molecular weight excluding hydrogens is 226 g/mol. The number of rotatable bonds is 2. The van der Waals surface area contributed by atoms with Gasteiger partial charge in [0.1, 0.15) is 0 Å². The minimum atomic E-state index is -0.669. The number of carbonyl (C=O) groups is 1. The van der Waals surface area contributed by atoms with Crippen molar-refractivity contribution in [2.45, 2.75) is 18.9 Å². The fourth-order valence-corrected chi connectivity index (χ4v) is 2.08. The van der Waals surface area contributed by atoms with Crippen LogP contribution in [0.5, 0.6) is 0 Å². The van der Waals surface area contributed by atoms with Crippen LogP contribution in [-0.2, 0) is 4.79 Å². The molecule has 1 heterocycles. The molecule has 0 saturated carbocycles. The summed E-state index contributed by atoms with van der Waals surface area (Å²) in [6, 6.07) is 10.2. The smallest absolute Gasteiger partial charge is 0.306 e. The van der Waals surface area contributed by atoms with Crippen molar-refractivity contribution in [1.29, 1.82) is 0 Å². The lowest BCUT2D eigenvalue weighted by Crippen LogP contribution is -2.34. The molecule has 2 N–H and O–H groups in total. The molecule has 1 aliphatic heterocycles. The van der Waals surface area contributed by atoms with Gasteiger partial charge in [-0.1, -0.05) is 30.3 Å². The van der Waals surface area contributed by atoms with Crippen LogP contribution in [0.1, 0.15) is 24.4 Å². The maximum Gasteiger partial charge on any atom is 0.306 e. The molecule has 0 aromatic heterocycles. The second-order valence-corrected chi connectivity index (χ2v) is 3.98. The number of carboxylic acids is 1. The second-order valence-electron chi connectivity index (χ2n) is 3.98. The fraction of sp³-hybridized carbons (Fsp3) is 0.417. The molecule has 16 heavy (non-hydrogen) atoms. The Morgan fingerprint density at radius 1 is 1.31 bits per heavy atom. The monoisotopic (exact) mass is 241 g/mol. The Kier molecular flexibility index (Phi) is 4.77. The number of benzene rings is 1. The first-order valence-corrected chi connectivity index (χ1v) is 5.28. The van der Waals surface area contributed by atoms with Gasteiger partial charge in [-0.25, -0.2) is 0 Å². The lowest BCUT2D eigenvalue weighted by molar-refractivity contribution is -0.143. The maximum atomic E-state index is 10.9. The average Bonchev–Trinajstić information content (AvgIpc) is 2.30. The van der Waals surface area contributed by atoms with Crippen LogP contribution in [0.4, 0.5) is 0 Å². The number of nitrogens with one attached hydrogen (secondary N) is 1. The standard InChI is InChI=1S/C12H15NO2.ClH/c14-12(15)10-6-7-13-11(8-10)9-4-2-1-3-5-9;/h1-5,10-11,13H,6-8H2,(H,14,15);1H/t10-,11+;/m1./s1. The molecular formula is C12H16ClNO2. The molecule has 0 spiro atoms. The van der Waals surface area contributed by atoms with Gasteiger partial charge in [0, 0.05) is 6.04 Å². The highest BCUT2D eigenvalue weighted by atomic mass is 35.5. The molecule has 1 aliphatic rings. The van der Waals surface area contributed by atoms with Crippen LogP contribution in [-0.4, -0.2) is 17.6 Å². The van der Waals surface area contributed by atoms with E-state index in [-0.39, 0.29) is 24.4 Å². The summed E-state index contributed by atoms with van der Waals surface area (Å²) in [7, 11) is 0. The number of hydrogen-bond donors (Lipinski definition) is 2. The topological polar surface area (TPSA) is 49.3 Å². The van der Waals surface area contributed by atoms with Gasteiger partial charge in [0.15, 0.2) is 0 Å². The van der Waals surface area contributed by atoms with E-state index in [9.17, 15) is 4.79 Å². The van der Waals surface area contributed by atoms with E-state index in [0.29, 0.717) is 6.42 Å². The number of carboxylic acid groups (broad SMARTS) is 1. The quantitative estimate of drug-likeness (QED) is 0.835. The number of piperidine rings is 1. The average molecular weight is 242 g/mol. The normalized spacial score (nSPS) is 24.5. The van der Waals surface area contributed by atoms with Crippen molar-refractivity contribution in [3.8, 4) is 0 Å². The third-order valence-corrected chi connectivity index (χ3v) is 2.95. The molecule has 1 aromatic rings. The Hall–Kier alpha value is -1.06. The van der Waals surface area contributed by atoms with Crippen LogP contribution in [0, 0.1) is 5.92 Å². The Labute approximate surface area is 101 Å². The molecule has 0 radical (unpaired) electrons. The first kappa shape index (κ1) is 13.0. The second kappa shape index (κ2) is 5.87. The minimum Gasteiger partial charge on any atom is -0.481 e. The first-order chi connectivity index (χ1) is 7.27. The summed E-state index contributed by atoms with van der Waals surface area (Å²) in [6.07, 6.45) is 1.43. The molecule has 0 bridgehead atoms. The zero-order chi connectivity index (χ0) is 10.7. The van der Waals surface area contributed by atoms with E-state index in [4.69, 9.17) is 5.11 Å². The highest BCUT2D eigenvalue weighted by Crippen LogP contribution is 2.26. The van der Waals surface area contributed by atoms with E-state index in [1.807, 2.05) is 30.3 Å². The summed E-state index contributed by atoms with van der Waals surface area (Å²) in [6.45, 7) is 0.788. The van der Waals surface area contributed by atoms with E-state index in [0.717, 1.165) is 13.0 Å². The highest BCUT2D eigenvalue weighted by Gasteiger charge is 2.27. The van der Waals surface area contributed by atoms with Crippen LogP contribution in [0.3, 0.4) is 0 Å². The summed E-state index contributed by atoms with van der Waals surface area (Å²) in [4.78, 5) is 10.9. The first-order valence-electron chi connectivity index (χ1n) is 5.28. The van der Waals surface area contributed by atoms with E-state index in [1.165, 1.54) is 5.56 Å². The lowest BCUT2D eigenvalue weighted by Gasteiger charge is -2.28. The fourth-order valence-electron chi connectivity index (χ4n) is 2.08. The van der Waals surface area contributed by atoms with E-state index in [1.54, 1.807) is 0 Å². The molecule has 88 valence electrons. The molecule has 0 amide bonds. The summed E-state index contributed by atoms with van der Waals surface area (Å²) in [5.41, 5.74) is 1.18. The summed E-state index contributed by atoms with van der Waals surface area (Å²) < 4.78 is 0. The Bertz CT molecular complexity index is 342. The maximum absolute atomic E-state index is 10.9. The van der Waals surface area contributed by atoms with Gasteiger partial charge in [-0.15, -0.1) is 12.4 Å². The number of hydrogen-bond acceptors (Lipinski definition) is 2. The van der Waals surface area contributed by atoms with Gasteiger partial charge in [-0.05, 0) is 24.9 Å². The summed E-state index contributed by atoms with van der Waals surface area (Å²) >= 11 is 0. The molecule has 1 saturated heterocycles. The minimum absolute atomic E-state index is 0. The van der Waals surface area contributed by atoms with Gasteiger partial charge < -0.3 is 10.4 Å². The zero-order valence-corrected chi connectivity index (χ0v) is 9.74. The van der Waals surface area contributed by atoms with Gasteiger partial charge in [0.05, 0.1) is 5.92 Å². The van der Waals surface area contributed by atoms with Crippen molar-refractivity contribution in [3.63, 3.8) is 0 Å². The Balaban J connectivity index is 0.00000128. The van der Waals surface area contributed by atoms with E-state index < -0.39 is 5.97 Å². The SMILES string of the molecule is Cl.O=C(O)[C@@H]1CCN[C@H](c2ccccc2)C1. The predicted molar refractivity (Wildman–Crippen MR) is 64.8 cm³/mol. The largest absolute Gasteiger partial charge is 0.481 e. The summed E-state index contributed by atoms with van der Waals surface area (Å²) in [5.74, 6) is -0.867. The molecule has 1 fully saturated rings. The third-order valence-electron chi connectivity index (χ3n) is 2.95. The predicted octanol–water partition coefficient (Wildman–Crippen LogP) is 2.23. The van der Waals surface area contributed by atoms with Crippen molar-refractivity contribution in [3.05, 3.63) is 35.9 Å². The van der Waals surface area contributed by atoms with Crippen molar-refractivity contribution in [2.75, 3.05) is 6.54 Å². The van der Waals surface area contributed by atoms with Gasteiger partial charge in [0.2, 0.25) is 0 Å². The highest BCUT2D eigenvalue weighted by molar-refractivity contribution is 5.85. The molecule has 2 rings (SSSR count). The number of halogens is 1. The van der Waals surface area contributed by atoms with Crippen LogP contribution < -0.4 is 5.32 Å². The molecule has 3 nitrogen and oxygen atoms in total. The van der Waals surface area contributed by atoms with Gasteiger partial charge >= 0.3 is 5.97 Å². The Morgan fingerprint density at radius 2 is 2.00 bits per heavy atom. The van der Waals surface area contributed by atoms with Crippen LogP contribution in [0.15, 0.2) is 30.3 Å². The number of aliphatic carboxylic acids is 1. The third kappa shape index (κ3) is 2.97. The van der Waals surface area contributed by atoms with Crippen LogP contribution in [0.25, 0.3) is 0 Å². The lowest BCUT2D eigenvalue weighted by atomic mass is 9.89. The zero-order valence-electron chi connectivity index (χ0n) is 8.93. The van der Waals surface area contributed by atoms with Crippen LogP contribution >= 0.6 is 12.4 Å². The molecule has 2 atom stereocenters. The Morgan fingerprint density at radius 3 is 2.62 bits per heavy atom. The van der Waals surface area contributed by atoms with Crippen molar-refractivity contribution >= 4 is 18.4 Å². The van der Waals surface area contributed by atoms with Gasteiger partial charge in [-0.2, -0.15) is 0 Å². The molecule has 4 heteroatoms. The molecule has 0 unspecified atom stereocenters. The molecule has 1 aromatic carbocycles. The van der Waals surface area contributed by atoms with Gasteiger partial charge in [0.25, 0.3) is 0 Å². The van der Waals surface area contributed by atoms with Crippen molar-refractivity contribution < 1.29 is 9.90 Å².